The van der Waals surface area contributed by atoms with Gasteiger partial charge in [0.2, 0.25) is 0 Å². The van der Waals surface area contributed by atoms with Crippen LogP contribution in [0.1, 0.15) is 44.7 Å². The summed E-state index contributed by atoms with van der Waals surface area (Å²) < 4.78 is 0. The lowest BCUT2D eigenvalue weighted by Crippen LogP contribution is -2.54. The minimum absolute atomic E-state index is 0. The molecule has 1 aromatic rings. The average molecular weight is 444 g/mol. The molecule has 0 fully saturated rings. The zero-order chi connectivity index (χ0) is 16.7. The monoisotopic (exact) mass is 444 g/mol. The third-order valence-corrected chi connectivity index (χ3v) is 4.72. The number of nitrogens with zero attached hydrogens (tertiary/aromatic N) is 2. The third-order valence-electron chi connectivity index (χ3n) is 4.72. The number of fused-ring (bicyclic) bond motifs is 1. The van der Waals surface area contributed by atoms with Crippen LogP contribution in [0.3, 0.4) is 0 Å². The van der Waals surface area contributed by atoms with Crippen LogP contribution in [0.2, 0.25) is 0 Å². The normalized spacial score (nSPS) is 15.4. The third kappa shape index (κ3) is 5.92. The molecule has 4 nitrogen and oxygen atoms in total. The van der Waals surface area contributed by atoms with Gasteiger partial charge in [-0.25, -0.2) is 0 Å². The zero-order valence-electron chi connectivity index (χ0n) is 15.6. The van der Waals surface area contributed by atoms with Crippen molar-refractivity contribution in [2.45, 2.75) is 52.1 Å². The molecule has 1 aliphatic rings. The molecule has 1 aromatic carbocycles. The molecule has 136 valence electrons. The number of halogens is 1. The maximum atomic E-state index is 4.32. The lowest BCUT2D eigenvalue weighted by atomic mass is 9.94. The summed E-state index contributed by atoms with van der Waals surface area (Å²) in [6, 6.07) is 8.81. The first-order chi connectivity index (χ1) is 11.1. The van der Waals surface area contributed by atoms with Crippen molar-refractivity contribution in [1.29, 1.82) is 0 Å². The molecule has 5 heteroatoms. The predicted octanol–water partition coefficient (Wildman–Crippen LogP) is 3.41. The van der Waals surface area contributed by atoms with E-state index in [0.717, 1.165) is 38.6 Å². The molecule has 0 aliphatic carbocycles. The molecule has 0 radical (unpaired) electrons. The van der Waals surface area contributed by atoms with Gasteiger partial charge < -0.3 is 10.6 Å². The number of rotatable bonds is 6. The minimum Gasteiger partial charge on any atom is -0.356 e. The van der Waals surface area contributed by atoms with E-state index in [-0.39, 0.29) is 29.5 Å². The fourth-order valence-corrected chi connectivity index (χ4v) is 3.03. The lowest BCUT2D eigenvalue weighted by Gasteiger charge is -2.42. The molecule has 0 saturated heterocycles. The Labute approximate surface area is 164 Å². The first-order valence-corrected chi connectivity index (χ1v) is 8.83. The molecule has 0 bridgehead atoms. The highest BCUT2D eigenvalue weighted by atomic mass is 127. The zero-order valence-corrected chi connectivity index (χ0v) is 17.9. The van der Waals surface area contributed by atoms with Crippen molar-refractivity contribution in [3.63, 3.8) is 0 Å². The van der Waals surface area contributed by atoms with E-state index in [9.17, 15) is 0 Å². The van der Waals surface area contributed by atoms with Crippen LogP contribution in [0, 0.1) is 0 Å². The van der Waals surface area contributed by atoms with Crippen molar-refractivity contribution in [3.05, 3.63) is 35.4 Å². The van der Waals surface area contributed by atoms with Crippen LogP contribution in [0.5, 0.6) is 0 Å². The van der Waals surface area contributed by atoms with Gasteiger partial charge in [-0.3, -0.25) is 9.89 Å². The van der Waals surface area contributed by atoms with Crippen LogP contribution < -0.4 is 10.6 Å². The summed E-state index contributed by atoms with van der Waals surface area (Å²) in [5, 5.41) is 6.87. The van der Waals surface area contributed by atoms with Crippen LogP contribution in [0.4, 0.5) is 0 Å². The average Bonchev–Trinajstić information content (AvgIpc) is 2.57. The molecule has 1 aliphatic heterocycles. The van der Waals surface area contributed by atoms with Crippen LogP contribution >= 0.6 is 24.0 Å². The molecule has 0 unspecified atom stereocenters. The summed E-state index contributed by atoms with van der Waals surface area (Å²) >= 11 is 0. The summed E-state index contributed by atoms with van der Waals surface area (Å²) in [6.45, 7) is 10.9. The number of benzene rings is 1. The fraction of sp³-hybridized carbons (Fsp3) is 0.632. The first-order valence-electron chi connectivity index (χ1n) is 8.83. The maximum absolute atomic E-state index is 4.32. The molecule has 0 aromatic heterocycles. The van der Waals surface area contributed by atoms with Gasteiger partial charge in [0.1, 0.15) is 0 Å². The summed E-state index contributed by atoms with van der Waals surface area (Å²) in [6.07, 6.45) is 3.51. The highest BCUT2D eigenvalue weighted by Gasteiger charge is 2.29. The Morgan fingerprint density at radius 2 is 1.92 bits per heavy atom. The van der Waals surface area contributed by atoms with Crippen molar-refractivity contribution >= 4 is 29.9 Å². The van der Waals surface area contributed by atoms with Crippen molar-refractivity contribution < 1.29 is 0 Å². The molecular weight excluding hydrogens is 411 g/mol. The highest BCUT2D eigenvalue weighted by molar-refractivity contribution is 14.0. The fourth-order valence-electron chi connectivity index (χ4n) is 3.03. The number of hydrogen-bond acceptors (Lipinski definition) is 2. The summed E-state index contributed by atoms with van der Waals surface area (Å²) in [5.41, 5.74) is 3.07. The topological polar surface area (TPSA) is 39.7 Å². The molecular formula is C19H33IN4. The van der Waals surface area contributed by atoms with Crippen LogP contribution in [0.15, 0.2) is 29.3 Å². The number of unbranched alkanes of at least 4 members (excludes halogenated alkanes) is 1. The van der Waals surface area contributed by atoms with E-state index < -0.39 is 0 Å². The Bertz CT molecular complexity index is 528. The Morgan fingerprint density at radius 1 is 1.21 bits per heavy atom. The molecule has 0 amide bonds. The van der Waals surface area contributed by atoms with Gasteiger partial charge in [-0.15, -0.1) is 24.0 Å². The molecule has 24 heavy (non-hydrogen) atoms. The summed E-state index contributed by atoms with van der Waals surface area (Å²) in [7, 11) is 1.84. The Morgan fingerprint density at radius 3 is 2.58 bits per heavy atom. The van der Waals surface area contributed by atoms with Crippen molar-refractivity contribution in [1.82, 2.24) is 15.5 Å². The van der Waals surface area contributed by atoms with Gasteiger partial charge in [0.25, 0.3) is 0 Å². The van der Waals surface area contributed by atoms with Gasteiger partial charge in [0, 0.05) is 38.8 Å². The number of aliphatic imine (C=N–C) groups is 1. The second kappa shape index (κ2) is 10.2. The smallest absolute Gasteiger partial charge is 0.191 e. The van der Waals surface area contributed by atoms with E-state index in [1.165, 1.54) is 24.0 Å². The largest absolute Gasteiger partial charge is 0.356 e. The van der Waals surface area contributed by atoms with E-state index in [0.29, 0.717) is 0 Å². The van der Waals surface area contributed by atoms with Gasteiger partial charge in [0.15, 0.2) is 5.96 Å². The van der Waals surface area contributed by atoms with Gasteiger partial charge >= 0.3 is 0 Å². The molecule has 1 heterocycles. The van der Waals surface area contributed by atoms with Gasteiger partial charge in [0.05, 0.1) is 0 Å². The standard InChI is InChI=1S/C19H32N4.HI/c1-5-6-12-21-18(20-4)22-15-19(2,3)23-13-11-16-9-7-8-10-17(16)14-23;/h7-10H,5-6,11-15H2,1-4H3,(H2,20,21,22);1H. The van der Waals surface area contributed by atoms with E-state index in [4.69, 9.17) is 0 Å². The minimum atomic E-state index is 0. The number of hydrogen-bond donors (Lipinski definition) is 2. The quantitative estimate of drug-likeness (QED) is 0.306. The van der Waals surface area contributed by atoms with Gasteiger partial charge in [-0.2, -0.15) is 0 Å². The number of guanidine groups is 1. The second-order valence-corrected chi connectivity index (χ2v) is 6.96. The van der Waals surface area contributed by atoms with E-state index in [1.807, 2.05) is 7.05 Å². The summed E-state index contributed by atoms with van der Waals surface area (Å²) in [5.74, 6) is 0.906. The molecule has 2 rings (SSSR count). The SMILES string of the molecule is CCCCNC(=NC)NCC(C)(C)N1CCc2ccccc2C1.I. The van der Waals surface area contributed by atoms with Crippen molar-refractivity contribution in [2.75, 3.05) is 26.7 Å². The lowest BCUT2D eigenvalue weighted by molar-refractivity contribution is 0.107. The molecule has 2 N–H and O–H groups in total. The van der Waals surface area contributed by atoms with E-state index >= 15 is 0 Å². The van der Waals surface area contributed by atoms with Gasteiger partial charge in [-0.1, -0.05) is 37.6 Å². The first kappa shape index (κ1) is 21.2. The van der Waals surface area contributed by atoms with Crippen molar-refractivity contribution in [3.8, 4) is 0 Å². The second-order valence-electron chi connectivity index (χ2n) is 6.96. The Hall–Kier alpha value is -0.820. The predicted molar refractivity (Wildman–Crippen MR) is 114 cm³/mol. The van der Waals surface area contributed by atoms with E-state index in [1.54, 1.807) is 0 Å². The highest BCUT2D eigenvalue weighted by Crippen LogP contribution is 2.24. The van der Waals surface area contributed by atoms with Crippen molar-refractivity contribution in [2.24, 2.45) is 4.99 Å². The maximum Gasteiger partial charge on any atom is 0.191 e. The molecule has 0 saturated carbocycles. The van der Waals surface area contributed by atoms with Crippen LogP contribution in [-0.2, 0) is 13.0 Å². The van der Waals surface area contributed by atoms with E-state index in [2.05, 4.69) is 65.6 Å². The number of nitrogens with one attached hydrogen (secondary N) is 2. The Balaban J connectivity index is 0.00000288. The molecule has 0 atom stereocenters. The summed E-state index contributed by atoms with van der Waals surface area (Å²) in [4.78, 5) is 6.89. The van der Waals surface area contributed by atoms with Crippen LogP contribution in [0.25, 0.3) is 0 Å². The van der Waals surface area contributed by atoms with Crippen LogP contribution in [-0.4, -0.2) is 43.1 Å². The Kier molecular flexibility index (Phi) is 9.05. The molecule has 0 spiro atoms. The van der Waals surface area contributed by atoms with Gasteiger partial charge in [-0.05, 0) is 37.8 Å².